The van der Waals surface area contributed by atoms with Crippen molar-refractivity contribution in [1.82, 2.24) is 4.98 Å². The van der Waals surface area contributed by atoms with Crippen LogP contribution in [-0.4, -0.2) is 48.6 Å². The molecule has 0 aliphatic carbocycles. The van der Waals surface area contributed by atoms with Gasteiger partial charge in [0.25, 0.3) is 0 Å². The number of rotatable bonds is 3. The lowest BCUT2D eigenvalue weighted by Crippen LogP contribution is -2.41. The number of benzene rings is 1. The van der Waals surface area contributed by atoms with E-state index in [0.29, 0.717) is 22.1 Å². The second-order valence-electron chi connectivity index (χ2n) is 7.07. The molecule has 1 saturated heterocycles. The molecule has 0 bridgehead atoms. The minimum atomic E-state index is -0.791. The molecule has 0 spiro atoms. The maximum atomic E-state index is 11.7. The maximum absolute atomic E-state index is 11.7. The summed E-state index contributed by atoms with van der Waals surface area (Å²) in [6.07, 6.45) is 0. The van der Waals surface area contributed by atoms with Crippen molar-refractivity contribution in [3.8, 4) is 11.5 Å². The monoisotopic (exact) mass is 347 g/mol. The largest absolute Gasteiger partial charge is 0.507 e. The van der Waals surface area contributed by atoms with Gasteiger partial charge in [0.2, 0.25) is 0 Å². The van der Waals surface area contributed by atoms with Gasteiger partial charge in [0, 0.05) is 11.5 Å². The number of nitrogens with one attached hydrogen (secondary N) is 1. The number of aromatic hydroxyl groups is 1. The zero-order valence-electron chi connectivity index (χ0n) is 15.2. The molecule has 0 unspecified atom stereocenters. The van der Waals surface area contributed by atoms with Crippen molar-refractivity contribution in [2.45, 2.75) is 38.9 Å². The van der Waals surface area contributed by atoms with Crippen LogP contribution in [-0.2, 0) is 14.0 Å². The number of carbonyl (C=O) groups is 1. The first-order valence-corrected chi connectivity index (χ1v) is 7.98. The van der Waals surface area contributed by atoms with Gasteiger partial charge in [-0.15, -0.1) is 0 Å². The van der Waals surface area contributed by atoms with E-state index < -0.39 is 24.3 Å². The minimum absolute atomic E-state index is 0.0562. The van der Waals surface area contributed by atoms with Gasteiger partial charge in [-0.2, -0.15) is 0 Å². The van der Waals surface area contributed by atoms with Crippen LogP contribution < -0.4 is 10.2 Å². The Morgan fingerprint density at radius 1 is 1.16 bits per heavy atom. The molecule has 8 heteroatoms. The zero-order chi connectivity index (χ0) is 18.6. The van der Waals surface area contributed by atoms with E-state index in [9.17, 15) is 9.90 Å². The number of aromatic nitrogens is 1. The van der Waals surface area contributed by atoms with Crippen LogP contribution in [0.1, 0.15) is 38.2 Å². The molecule has 1 aliphatic heterocycles. The molecule has 0 saturated carbocycles. The molecule has 0 radical (unpaired) electrons. The van der Waals surface area contributed by atoms with Crippen molar-refractivity contribution in [3.63, 3.8) is 0 Å². The van der Waals surface area contributed by atoms with Crippen LogP contribution in [0.5, 0.6) is 11.5 Å². The summed E-state index contributed by atoms with van der Waals surface area (Å²) in [6.45, 7) is 7.73. The number of fused-ring (bicyclic) bond motifs is 1. The fourth-order valence-electron chi connectivity index (χ4n) is 2.83. The molecule has 1 aromatic carbocycles. The Bertz CT molecular complexity index is 825. The van der Waals surface area contributed by atoms with E-state index in [0.717, 1.165) is 0 Å². The first kappa shape index (κ1) is 17.6. The van der Waals surface area contributed by atoms with Crippen LogP contribution in [0.2, 0.25) is 0 Å². The predicted octanol–water partition coefficient (Wildman–Crippen LogP) is 1.97. The van der Waals surface area contributed by atoms with Crippen molar-refractivity contribution in [2.24, 2.45) is 0 Å². The molecular formula is C17H22BNO6. The summed E-state index contributed by atoms with van der Waals surface area (Å²) in [5.74, 6) is -0.173. The number of phenols is 1. The summed E-state index contributed by atoms with van der Waals surface area (Å²) in [5, 5.41) is 11.3. The molecule has 1 fully saturated rings. The number of hydrogen-bond acceptors (Lipinski definition) is 6. The van der Waals surface area contributed by atoms with Crippen LogP contribution in [0.3, 0.4) is 0 Å². The standard InChI is InChI=1S/C17H22BNO6/c1-16(2)17(3,4)25-18(24-16)13-12(22-5)8-10-9(14(13)20)7-11(19-10)15(21)23-6/h7-8,19-20H,1-6H3. The Morgan fingerprint density at radius 2 is 1.76 bits per heavy atom. The highest BCUT2D eigenvalue weighted by Crippen LogP contribution is 2.39. The maximum Gasteiger partial charge on any atom is 0.502 e. The summed E-state index contributed by atoms with van der Waals surface area (Å²) in [7, 11) is 2.00. The van der Waals surface area contributed by atoms with E-state index in [1.54, 1.807) is 6.07 Å². The normalized spacial score (nSPS) is 18.6. The third-order valence-electron chi connectivity index (χ3n) is 5.01. The first-order valence-electron chi connectivity index (χ1n) is 7.98. The van der Waals surface area contributed by atoms with Gasteiger partial charge in [0.1, 0.15) is 17.2 Å². The van der Waals surface area contributed by atoms with E-state index in [-0.39, 0.29) is 11.4 Å². The number of ether oxygens (including phenoxy) is 2. The Balaban J connectivity index is 2.15. The molecule has 2 heterocycles. The summed E-state index contributed by atoms with van der Waals surface area (Å²) in [5.41, 5.74) is 0.0683. The van der Waals surface area contributed by atoms with Gasteiger partial charge in [-0.25, -0.2) is 4.79 Å². The average Bonchev–Trinajstić information content (AvgIpc) is 3.05. The smallest absolute Gasteiger partial charge is 0.502 e. The lowest BCUT2D eigenvalue weighted by atomic mass is 9.77. The van der Waals surface area contributed by atoms with Gasteiger partial charge in [-0.05, 0) is 33.8 Å². The Hall–Kier alpha value is -2.19. The second kappa shape index (κ2) is 5.67. The number of aromatic amines is 1. The highest BCUT2D eigenvalue weighted by atomic mass is 16.7. The van der Waals surface area contributed by atoms with E-state index in [4.69, 9.17) is 18.8 Å². The number of hydrogen-bond donors (Lipinski definition) is 2. The van der Waals surface area contributed by atoms with E-state index in [2.05, 4.69) is 4.98 Å². The quantitative estimate of drug-likeness (QED) is 0.652. The van der Waals surface area contributed by atoms with Gasteiger partial charge >= 0.3 is 13.1 Å². The van der Waals surface area contributed by atoms with Crippen LogP contribution in [0.4, 0.5) is 0 Å². The molecular weight excluding hydrogens is 325 g/mol. The number of phenolic OH excluding ortho intramolecular Hbond substituents is 1. The van der Waals surface area contributed by atoms with Crippen LogP contribution >= 0.6 is 0 Å². The highest BCUT2D eigenvalue weighted by molar-refractivity contribution is 6.64. The molecule has 1 aromatic heterocycles. The number of methoxy groups -OCH3 is 2. The van der Waals surface area contributed by atoms with Gasteiger partial charge < -0.3 is 28.9 Å². The van der Waals surface area contributed by atoms with Gasteiger partial charge in [0.05, 0.1) is 36.4 Å². The minimum Gasteiger partial charge on any atom is -0.507 e. The van der Waals surface area contributed by atoms with Crippen molar-refractivity contribution >= 4 is 29.5 Å². The molecule has 2 N–H and O–H groups in total. The van der Waals surface area contributed by atoms with Crippen LogP contribution in [0, 0.1) is 0 Å². The molecule has 2 aromatic rings. The molecule has 7 nitrogen and oxygen atoms in total. The second-order valence-corrected chi connectivity index (χ2v) is 7.07. The number of carbonyl (C=O) groups excluding carboxylic acids is 1. The van der Waals surface area contributed by atoms with Crippen LogP contribution in [0.25, 0.3) is 10.9 Å². The van der Waals surface area contributed by atoms with Crippen molar-refractivity contribution in [1.29, 1.82) is 0 Å². The van der Waals surface area contributed by atoms with Gasteiger partial charge in [0.15, 0.2) is 0 Å². The van der Waals surface area contributed by atoms with Crippen molar-refractivity contribution in [3.05, 3.63) is 17.8 Å². The Morgan fingerprint density at radius 3 is 2.28 bits per heavy atom. The number of H-pyrrole nitrogens is 1. The summed E-state index contributed by atoms with van der Waals surface area (Å²) in [4.78, 5) is 14.7. The van der Waals surface area contributed by atoms with Crippen LogP contribution in [0.15, 0.2) is 12.1 Å². The van der Waals surface area contributed by atoms with E-state index in [1.165, 1.54) is 20.3 Å². The molecule has 3 rings (SSSR count). The highest BCUT2D eigenvalue weighted by Gasteiger charge is 2.53. The summed E-state index contributed by atoms with van der Waals surface area (Å²) >= 11 is 0. The predicted molar refractivity (Wildman–Crippen MR) is 93.6 cm³/mol. The topological polar surface area (TPSA) is 90.0 Å². The van der Waals surface area contributed by atoms with Gasteiger partial charge in [-0.3, -0.25) is 0 Å². The number of esters is 1. The lowest BCUT2D eigenvalue weighted by molar-refractivity contribution is 0.00578. The average molecular weight is 347 g/mol. The third-order valence-corrected chi connectivity index (χ3v) is 5.01. The zero-order valence-corrected chi connectivity index (χ0v) is 15.2. The fraction of sp³-hybridized carbons (Fsp3) is 0.471. The third kappa shape index (κ3) is 2.65. The lowest BCUT2D eigenvalue weighted by Gasteiger charge is -2.32. The molecule has 1 aliphatic rings. The van der Waals surface area contributed by atoms with Gasteiger partial charge in [-0.1, -0.05) is 0 Å². The molecule has 25 heavy (non-hydrogen) atoms. The summed E-state index contributed by atoms with van der Waals surface area (Å²) in [6, 6.07) is 3.23. The summed E-state index contributed by atoms with van der Waals surface area (Å²) < 4.78 is 22.2. The molecule has 134 valence electrons. The van der Waals surface area contributed by atoms with E-state index in [1.807, 2.05) is 27.7 Å². The first-order chi connectivity index (χ1) is 11.6. The van der Waals surface area contributed by atoms with E-state index >= 15 is 0 Å². The molecule has 0 amide bonds. The fourth-order valence-corrected chi connectivity index (χ4v) is 2.83. The van der Waals surface area contributed by atoms with Crippen molar-refractivity contribution in [2.75, 3.05) is 14.2 Å². The van der Waals surface area contributed by atoms with Crippen molar-refractivity contribution < 1.29 is 28.7 Å². The Labute approximate surface area is 146 Å². The Kier molecular flexibility index (Phi) is 4.00. The molecule has 0 atom stereocenters. The SMILES string of the molecule is COC(=O)c1cc2c(O)c(B3OC(C)(C)C(C)(C)O3)c(OC)cc2[nH]1.